The van der Waals surface area contributed by atoms with Crippen molar-refractivity contribution in [1.82, 2.24) is 9.55 Å². The Morgan fingerprint density at radius 1 is 1.58 bits per heavy atom. The number of imidazole rings is 1. The van der Waals surface area contributed by atoms with Gasteiger partial charge in [0.2, 0.25) is 0 Å². The van der Waals surface area contributed by atoms with Gasteiger partial charge >= 0.3 is 5.92 Å². The van der Waals surface area contributed by atoms with E-state index in [4.69, 9.17) is 0 Å². The molecule has 66 valence electrons. The first kappa shape index (κ1) is 8.16. The van der Waals surface area contributed by atoms with Gasteiger partial charge in [-0.3, -0.25) is 0 Å². The first-order valence-corrected chi connectivity index (χ1v) is 4.50. The summed E-state index contributed by atoms with van der Waals surface area (Å²) < 4.78 is 28.4. The highest BCUT2D eigenvalue weighted by molar-refractivity contribution is 9.10. The molecule has 1 aromatic heterocycles. The Kier molecular flexibility index (Phi) is 1.71. The Morgan fingerprint density at radius 2 is 2.33 bits per heavy atom. The minimum Gasteiger partial charge on any atom is -0.318 e. The van der Waals surface area contributed by atoms with E-state index in [1.165, 1.54) is 10.8 Å². The van der Waals surface area contributed by atoms with Gasteiger partial charge < -0.3 is 4.57 Å². The van der Waals surface area contributed by atoms with E-state index >= 15 is 0 Å². The van der Waals surface area contributed by atoms with Crippen LogP contribution in [0.25, 0.3) is 0 Å². The van der Waals surface area contributed by atoms with Gasteiger partial charge in [0.1, 0.15) is 4.60 Å². The largest absolute Gasteiger partial charge is 0.318 e. The van der Waals surface area contributed by atoms with Crippen LogP contribution < -0.4 is 0 Å². The molecule has 0 radical (unpaired) electrons. The van der Waals surface area contributed by atoms with Crippen LogP contribution >= 0.6 is 15.9 Å². The summed E-state index contributed by atoms with van der Waals surface area (Å²) in [7, 11) is 0. The van der Waals surface area contributed by atoms with E-state index in [9.17, 15) is 8.78 Å². The van der Waals surface area contributed by atoms with Crippen molar-refractivity contribution in [3.05, 3.63) is 16.6 Å². The molecule has 2 rings (SSSR count). The first-order valence-electron chi connectivity index (χ1n) is 3.70. The van der Waals surface area contributed by atoms with Gasteiger partial charge in [0.25, 0.3) is 0 Å². The van der Waals surface area contributed by atoms with Crippen LogP contribution in [0, 0.1) is 0 Å². The monoisotopic (exact) mass is 236 g/mol. The van der Waals surface area contributed by atoms with Crippen LogP contribution in [-0.2, 0) is 12.5 Å². The fourth-order valence-electron chi connectivity index (χ4n) is 1.43. The highest BCUT2D eigenvalue weighted by Crippen LogP contribution is 2.37. The molecule has 12 heavy (non-hydrogen) atoms. The molecule has 0 saturated carbocycles. The third-order valence-corrected chi connectivity index (χ3v) is 2.64. The maximum atomic E-state index is 13.1. The average molecular weight is 237 g/mol. The lowest BCUT2D eigenvalue weighted by molar-refractivity contribution is -0.0394. The highest BCUT2D eigenvalue weighted by Gasteiger charge is 2.39. The molecule has 0 amide bonds. The molecule has 2 nitrogen and oxygen atoms in total. The normalized spacial score (nSPS) is 20.6. The van der Waals surface area contributed by atoms with Crippen molar-refractivity contribution in [3.63, 3.8) is 0 Å². The van der Waals surface area contributed by atoms with Crippen LogP contribution in [0.15, 0.2) is 10.8 Å². The van der Waals surface area contributed by atoms with E-state index < -0.39 is 5.92 Å². The standard InChI is InChI=1S/C7H7BrF2N2/c8-5-4-11-6-7(9,10)2-1-3-12(5)6/h4H,1-3H2. The summed E-state index contributed by atoms with van der Waals surface area (Å²) in [5, 5.41) is 0. The van der Waals surface area contributed by atoms with Crippen LogP contribution in [0.5, 0.6) is 0 Å². The van der Waals surface area contributed by atoms with Gasteiger partial charge in [-0.1, -0.05) is 0 Å². The molecule has 0 N–H and O–H groups in total. The average Bonchev–Trinajstić information content (AvgIpc) is 2.33. The van der Waals surface area contributed by atoms with Crippen LogP contribution in [0.1, 0.15) is 18.7 Å². The molecule has 0 atom stereocenters. The number of hydrogen-bond donors (Lipinski definition) is 0. The molecule has 1 aliphatic rings. The fourth-order valence-corrected chi connectivity index (χ4v) is 1.88. The molecule has 0 saturated heterocycles. The van der Waals surface area contributed by atoms with Gasteiger partial charge in [-0.2, -0.15) is 8.78 Å². The van der Waals surface area contributed by atoms with Gasteiger partial charge in [0.15, 0.2) is 5.82 Å². The summed E-state index contributed by atoms with van der Waals surface area (Å²) in [5.74, 6) is -2.86. The minimum atomic E-state index is -2.75. The summed E-state index contributed by atoms with van der Waals surface area (Å²) in [6.45, 7) is 0.630. The molecule has 0 aliphatic carbocycles. The van der Waals surface area contributed by atoms with E-state index in [0.29, 0.717) is 17.6 Å². The summed E-state index contributed by atoms with van der Waals surface area (Å²) in [6, 6.07) is 0. The van der Waals surface area contributed by atoms with Crippen molar-refractivity contribution in [2.24, 2.45) is 0 Å². The van der Waals surface area contributed by atoms with Gasteiger partial charge in [-0.15, -0.1) is 0 Å². The maximum Gasteiger partial charge on any atom is 0.304 e. The molecule has 0 bridgehead atoms. The van der Waals surface area contributed by atoms with E-state index in [-0.39, 0.29) is 12.2 Å². The van der Waals surface area contributed by atoms with E-state index in [0.717, 1.165) is 0 Å². The van der Waals surface area contributed by atoms with Crippen LogP contribution in [0.4, 0.5) is 8.78 Å². The van der Waals surface area contributed by atoms with Gasteiger partial charge in [0, 0.05) is 13.0 Å². The first-order chi connectivity index (χ1) is 5.61. The van der Waals surface area contributed by atoms with E-state index in [1.807, 2.05) is 0 Å². The number of aromatic nitrogens is 2. The number of rotatable bonds is 0. The molecule has 5 heteroatoms. The van der Waals surface area contributed by atoms with Crippen molar-refractivity contribution in [1.29, 1.82) is 0 Å². The highest BCUT2D eigenvalue weighted by atomic mass is 79.9. The van der Waals surface area contributed by atoms with Crippen molar-refractivity contribution in [3.8, 4) is 0 Å². The fraction of sp³-hybridized carbons (Fsp3) is 0.571. The molecule has 0 unspecified atom stereocenters. The molecule has 1 aromatic rings. The Balaban J connectivity index is 2.53. The maximum absolute atomic E-state index is 13.1. The zero-order valence-corrected chi connectivity index (χ0v) is 7.81. The smallest absolute Gasteiger partial charge is 0.304 e. The molecule has 1 aliphatic heterocycles. The third-order valence-electron chi connectivity index (χ3n) is 2.01. The Morgan fingerprint density at radius 3 is 3.00 bits per heavy atom. The number of halogens is 3. The summed E-state index contributed by atoms with van der Waals surface area (Å²) in [6.07, 6.45) is 1.85. The third kappa shape index (κ3) is 1.07. The number of hydrogen-bond acceptors (Lipinski definition) is 1. The molecule has 0 spiro atoms. The second kappa shape index (κ2) is 2.52. The van der Waals surface area contributed by atoms with E-state index in [1.54, 1.807) is 0 Å². The van der Waals surface area contributed by atoms with Crippen molar-refractivity contribution < 1.29 is 8.78 Å². The van der Waals surface area contributed by atoms with Crippen molar-refractivity contribution in [2.45, 2.75) is 25.3 Å². The Bertz CT molecular complexity index is 308. The SMILES string of the molecule is FC1(F)CCCn2c(Br)cnc21. The number of nitrogens with zero attached hydrogens (tertiary/aromatic N) is 2. The Hall–Kier alpha value is -0.450. The summed E-state index contributed by atoms with van der Waals surface area (Å²) in [4.78, 5) is 3.68. The zero-order valence-electron chi connectivity index (χ0n) is 6.23. The predicted molar refractivity (Wildman–Crippen MR) is 43.1 cm³/mol. The lowest BCUT2D eigenvalue weighted by atomic mass is 10.1. The second-order valence-corrected chi connectivity index (χ2v) is 3.68. The number of alkyl halides is 2. The van der Waals surface area contributed by atoms with Crippen molar-refractivity contribution in [2.75, 3.05) is 0 Å². The quantitative estimate of drug-likeness (QED) is 0.677. The van der Waals surface area contributed by atoms with Crippen LogP contribution in [0.2, 0.25) is 0 Å². The van der Waals surface area contributed by atoms with Crippen LogP contribution in [0.3, 0.4) is 0 Å². The summed E-state index contributed by atoms with van der Waals surface area (Å²) in [5.41, 5.74) is 0. The molecular formula is C7H7BrF2N2. The van der Waals surface area contributed by atoms with Gasteiger partial charge in [-0.05, 0) is 22.4 Å². The second-order valence-electron chi connectivity index (χ2n) is 2.86. The lowest BCUT2D eigenvalue weighted by Crippen LogP contribution is -2.25. The molecular weight excluding hydrogens is 230 g/mol. The van der Waals surface area contributed by atoms with Gasteiger partial charge in [-0.25, -0.2) is 4.98 Å². The van der Waals surface area contributed by atoms with Crippen LogP contribution in [-0.4, -0.2) is 9.55 Å². The molecule has 0 fully saturated rings. The minimum absolute atomic E-state index is 0.0869. The topological polar surface area (TPSA) is 17.8 Å². The Labute approximate surface area is 76.7 Å². The zero-order chi connectivity index (χ0) is 8.77. The van der Waals surface area contributed by atoms with Crippen molar-refractivity contribution >= 4 is 15.9 Å². The molecule has 2 heterocycles. The molecule has 0 aromatic carbocycles. The van der Waals surface area contributed by atoms with Gasteiger partial charge in [0.05, 0.1) is 6.20 Å². The van der Waals surface area contributed by atoms with E-state index in [2.05, 4.69) is 20.9 Å². The number of fused-ring (bicyclic) bond motifs is 1. The lowest BCUT2D eigenvalue weighted by Gasteiger charge is -2.23. The predicted octanol–water partition coefficient (Wildman–Crippen LogP) is 2.53. The summed E-state index contributed by atoms with van der Waals surface area (Å²) >= 11 is 3.17.